The van der Waals surface area contributed by atoms with E-state index in [0.29, 0.717) is 30.3 Å². The standard InChI is InChI=1S/C32H37N3O2/c1-34-27-19-26(28(37-2)20-25(27)13-14-29(34)36)21-33-31-24-15-17-35(18-16-24)32(31)30(22-9-5-3-6-10-22)23-11-7-4-8-12-23/h3-12,19-20,24,30-33H,13-18,21H2,1-2H3/t31-,32+/m0/s1. The highest BCUT2D eigenvalue weighted by Gasteiger charge is 2.46. The number of hydrogen-bond acceptors (Lipinski definition) is 4. The van der Waals surface area contributed by atoms with Gasteiger partial charge in [-0.05, 0) is 67.1 Å². The smallest absolute Gasteiger partial charge is 0.227 e. The van der Waals surface area contributed by atoms with Crippen molar-refractivity contribution in [1.29, 1.82) is 0 Å². The van der Waals surface area contributed by atoms with Gasteiger partial charge in [-0.15, -0.1) is 0 Å². The summed E-state index contributed by atoms with van der Waals surface area (Å²) in [6, 6.07) is 27.1. The fourth-order valence-corrected chi connectivity index (χ4v) is 6.96. The molecule has 0 spiro atoms. The Morgan fingerprint density at radius 2 is 1.59 bits per heavy atom. The molecule has 2 bridgehead atoms. The van der Waals surface area contributed by atoms with Crippen molar-refractivity contribution in [3.05, 3.63) is 95.1 Å². The maximum absolute atomic E-state index is 12.4. The van der Waals surface area contributed by atoms with Crippen molar-refractivity contribution in [3.8, 4) is 5.75 Å². The number of carbonyl (C=O) groups excluding carboxylic acids is 1. The van der Waals surface area contributed by atoms with Crippen LogP contribution in [-0.4, -0.2) is 50.1 Å². The number of nitrogens with one attached hydrogen (secondary N) is 1. The lowest BCUT2D eigenvalue weighted by Crippen LogP contribution is -2.64. The summed E-state index contributed by atoms with van der Waals surface area (Å²) in [5.41, 5.74) is 6.09. The summed E-state index contributed by atoms with van der Waals surface area (Å²) in [5, 5.41) is 4.02. The summed E-state index contributed by atoms with van der Waals surface area (Å²) in [4.78, 5) is 16.9. The average Bonchev–Trinajstić information content (AvgIpc) is 2.96. The molecule has 1 amide bonds. The molecular formula is C32H37N3O2. The van der Waals surface area contributed by atoms with Gasteiger partial charge in [0.2, 0.25) is 5.91 Å². The Bertz CT molecular complexity index is 1200. The third-order valence-electron chi connectivity index (χ3n) is 8.88. The van der Waals surface area contributed by atoms with Gasteiger partial charge in [0.05, 0.1) is 7.11 Å². The molecule has 7 rings (SSSR count). The molecule has 4 aliphatic heterocycles. The number of aryl methyl sites for hydroxylation is 1. The van der Waals surface area contributed by atoms with Crippen LogP contribution < -0.4 is 15.0 Å². The van der Waals surface area contributed by atoms with Crippen molar-refractivity contribution in [2.45, 2.75) is 50.2 Å². The molecule has 3 fully saturated rings. The normalized spacial score (nSPS) is 24.8. The maximum Gasteiger partial charge on any atom is 0.227 e. The Labute approximate surface area is 220 Å². The highest BCUT2D eigenvalue weighted by Crippen LogP contribution is 2.42. The van der Waals surface area contributed by atoms with Gasteiger partial charge in [0.15, 0.2) is 0 Å². The second kappa shape index (κ2) is 10.3. The lowest BCUT2D eigenvalue weighted by molar-refractivity contribution is -0.118. The molecule has 0 aliphatic carbocycles. The van der Waals surface area contributed by atoms with Crippen LogP contribution in [0.5, 0.6) is 5.75 Å². The zero-order chi connectivity index (χ0) is 25.4. The van der Waals surface area contributed by atoms with Crippen molar-refractivity contribution < 1.29 is 9.53 Å². The molecule has 0 radical (unpaired) electrons. The molecule has 2 atom stereocenters. The number of nitrogens with zero attached hydrogens (tertiary/aromatic N) is 2. The molecule has 0 saturated carbocycles. The quantitative estimate of drug-likeness (QED) is 0.502. The molecule has 0 aromatic heterocycles. The highest BCUT2D eigenvalue weighted by molar-refractivity contribution is 5.96. The minimum atomic E-state index is 0.183. The van der Waals surface area contributed by atoms with Crippen LogP contribution in [0.3, 0.4) is 0 Å². The Morgan fingerprint density at radius 3 is 2.22 bits per heavy atom. The van der Waals surface area contributed by atoms with Crippen LogP contribution in [0.1, 0.15) is 47.4 Å². The first kappa shape index (κ1) is 24.2. The first-order chi connectivity index (χ1) is 18.1. The molecule has 5 nitrogen and oxygen atoms in total. The molecule has 3 aromatic carbocycles. The predicted octanol–water partition coefficient (Wildman–Crippen LogP) is 4.99. The molecular weight excluding hydrogens is 458 g/mol. The van der Waals surface area contributed by atoms with Crippen molar-refractivity contribution in [1.82, 2.24) is 10.2 Å². The second-order valence-electron chi connectivity index (χ2n) is 10.8. The largest absolute Gasteiger partial charge is 0.496 e. The van der Waals surface area contributed by atoms with Gasteiger partial charge < -0.3 is 15.0 Å². The number of hydrogen-bond donors (Lipinski definition) is 1. The van der Waals surface area contributed by atoms with E-state index in [0.717, 1.165) is 30.0 Å². The Kier molecular flexibility index (Phi) is 6.74. The first-order valence-electron chi connectivity index (χ1n) is 13.7. The molecule has 192 valence electrons. The van der Waals surface area contributed by atoms with E-state index in [4.69, 9.17) is 4.74 Å². The summed E-state index contributed by atoms with van der Waals surface area (Å²) >= 11 is 0. The number of methoxy groups -OCH3 is 1. The molecule has 3 saturated heterocycles. The van der Waals surface area contributed by atoms with E-state index in [1.54, 1.807) is 12.0 Å². The highest BCUT2D eigenvalue weighted by atomic mass is 16.5. The SMILES string of the molecule is COc1cc2c(cc1CN[C@H]1C3CCN(CC3)[C@@H]1C(c1ccccc1)c1ccccc1)N(C)C(=O)CC2. The lowest BCUT2D eigenvalue weighted by atomic mass is 9.70. The van der Waals surface area contributed by atoms with E-state index in [1.165, 1.54) is 42.6 Å². The van der Waals surface area contributed by atoms with Crippen LogP contribution in [0.15, 0.2) is 72.8 Å². The summed E-state index contributed by atoms with van der Waals surface area (Å²) in [6.07, 6.45) is 3.82. The Balaban J connectivity index is 1.34. The van der Waals surface area contributed by atoms with Gasteiger partial charge in [-0.3, -0.25) is 9.69 Å². The number of anilines is 1. The van der Waals surface area contributed by atoms with E-state index < -0.39 is 0 Å². The second-order valence-corrected chi connectivity index (χ2v) is 10.8. The summed E-state index contributed by atoms with van der Waals surface area (Å²) in [5.74, 6) is 2.05. The summed E-state index contributed by atoms with van der Waals surface area (Å²) in [6.45, 7) is 3.05. The number of fused-ring (bicyclic) bond motifs is 4. The van der Waals surface area contributed by atoms with E-state index in [-0.39, 0.29) is 5.91 Å². The van der Waals surface area contributed by atoms with Gasteiger partial charge in [0.25, 0.3) is 0 Å². The van der Waals surface area contributed by atoms with E-state index in [9.17, 15) is 4.79 Å². The average molecular weight is 496 g/mol. The number of carbonyl (C=O) groups is 1. The van der Waals surface area contributed by atoms with Crippen molar-refractivity contribution >= 4 is 11.6 Å². The maximum atomic E-state index is 12.4. The molecule has 5 heteroatoms. The van der Waals surface area contributed by atoms with Crippen LogP contribution in [0, 0.1) is 5.92 Å². The third kappa shape index (κ3) is 4.55. The monoisotopic (exact) mass is 495 g/mol. The first-order valence-corrected chi connectivity index (χ1v) is 13.7. The van der Waals surface area contributed by atoms with Gasteiger partial charge in [0, 0.05) is 49.3 Å². The molecule has 37 heavy (non-hydrogen) atoms. The predicted molar refractivity (Wildman–Crippen MR) is 148 cm³/mol. The number of piperidine rings is 3. The van der Waals surface area contributed by atoms with Crippen LogP contribution in [0.25, 0.3) is 0 Å². The van der Waals surface area contributed by atoms with Gasteiger partial charge in [0.1, 0.15) is 5.75 Å². The van der Waals surface area contributed by atoms with Gasteiger partial charge in [-0.1, -0.05) is 60.7 Å². The minimum absolute atomic E-state index is 0.183. The van der Waals surface area contributed by atoms with Gasteiger partial charge in [-0.25, -0.2) is 0 Å². The van der Waals surface area contributed by atoms with Gasteiger partial charge >= 0.3 is 0 Å². The number of ether oxygens (including phenoxy) is 1. The number of benzene rings is 3. The fourth-order valence-electron chi connectivity index (χ4n) is 6.96. The zero-order valence-corrected chi connectivity index (χ0v) is 21.9. The molecule has 4 heterocycles. The van der Waals surface area contributed by atoms with Crippen LogP contribution in [-0.2, 0) is 17.8 Å². The summed E-state index contributed by atoms with van der Waals surface area (Å²) in [7, 11) is 3.64. The number of amides is 1. The van der Waals surface area contributed by atoms with Crippen molar-refractivity contribution in [3.63, 3.8) is 0 Å². The molecule has 3 aromatic rings. The van der Waals surface area contributed by atoms with E-state index in [2.05, 4.69) is 83.0 Å². The van der Waals surface area contributed by atoms with Crippen molar-refractivity contribution in [2.75, 3.05) is 32.1 Å². The fraction of sp³-hybridized carbons (Fsp3) is 0.406. The van der Waals surface area contributed by atoms with E-state index in [1.807, 2.05) is 7.05 Å². The molecule has 4 aliphatic rings. The van der Waals surface area contributed by atoms with Crippen LogP contribution >= 0.6 is 0 Å². The Morgan fingerprint density at radius 1 is 0.946 bits per heavy atom. The number of rotatable bonds is 7. The van der Waals surface area contributed by atoms with Crippen LogP contribution in [0.2, 0.25) is 0 Å². The molecule has 1 N–H and O–H groups in total. The summed E-state index contributed by atoms with van der Waals surface area (Å²) < 4.78 is 5.83. The third-order valence-corrected chi connectivity index (χ3v) is 8.88. The minimum Gasteiger partial charge on any atom is -0.496 e. The van der Waals surface area contributed by atoms with E-state index >= 15 is 0 Å². The Hall–Kier alpha value is -3.15. The van der Waals surface area contributed by atoms with Crippen molar-refractivity contribution in [2.24, 2.45) is 5.92 Å². The van der Waals surface area contributed by atoms with Gasteiger partial charge in [-0.2, -0.15) is 0 Å². The lowest BCUT2D eigenvalue weighted by Gasteiger charge is -2.54. The molecule has 0 unspecified atom stereocenters. The topological polar surface area (TPSA) is 44.8 Å². The zero-order valence-electron chi connectivity index (χ0n) is 21.9. The van der Waals surface area contributed by atoms with Crippen LogP contribution in [0.4, 0.5) is 5.69 Å².